The quantitative estimate of drug-likeness (QED) is 0.364. The van der Waals surface area contributed by atoms with Gasteiger partial charge in [-0.2, -0.15) is 0 Å². The molecule has 1 heterocycles. The van der Waals surface area contributed by atoms with Crippen LogP contribution < -0.4 is 4.90 Å². The average Bonchev–Trinajstić information content (AvgIpc) is 2.72. The Morgan fingerprint density at radius 1 is 1.32 bits per heavy atom. The van der Waals surface area contributed by atoms with Gasteiger partial charge >= 0.3 is 0 Å². The maximum Gasteiger partial charge on any atom is 0.271 e. The molecule has 0 radical (unpaired) electrons. The van der Waals surface area contributed by atoms with E-state index in [2.05, 4.69) is 0 Å². The van der Waals surface area contributed by atoms with Gasteiger partial charge in [0.1, 0.15) is 5.82 Å². The lowest BCUT2D eigenvalue weighted by atomic mass is 9.78. The number of imide groups is 1. The van der Waals surface area contributed by atoms with E-state index in [0.29, 0.717) is 6.42 Å². The van der Waals surface area contributed by atoms with Crippen molar-refractivity contribution in [3.8, 4) is 0 Å². The molecule has 2 amide bonds. The summed E-state index contributed by atoms with van der Waals surface area (Å²) in [5, 5.41) is 10.8. The molecule has 114 valence electrons. The van der Waals surface area contributed by atoms with Crippen LogP contribution >= 0.6 is 0 Å². The van der Waals surface area contributed by atoms with E-state index >= 15 is 0 Å². The molecule has 1 fully saturated rings. The second-order valence-electron chi connectivity index (χ2n) is 5.56. The summed E-state index contributed by atoms with van der Waals surface area (Å²) in [7, 11) is 0. The molecular formula is C15H13FN2O4. The zero-order valence-electron chi connectivity index (χ0n) is 11.7. The zero-order chi connectivity index (χ0) is 16.0. The molecule has 1 saturated heterocycles. The van der Waals surface area contributed by atoms with Crippen molar-refractivity contribution in [2.24, 2.45) is 17.8 Å². The normalized spacial score (nSPS) is 27.2. The largest absolute Gasteiger partial charge is 0.274 e. The van der Waals surface area contributed by atoms with Crippen LogP contribution in [0.15, 0.2) is 30.4 Å². The van der Waals surface area contributed by atoms with Crippen LogP contribution in [-0.4, -0.2) is 16.7 Å². The summed E-state index contributed by atoms with van der Waals surface area (Å²) in [6, 6.07) is 2.83. The van der Waals surface area contributed by atoms with Crippen molar-refractivity contribution in [2.45, 2.75) is 13.3 Å². The number of rotatable bonds is 2. The van der Waals surface area contributed by atoms with E-state index in [1.54, 1.807) is 0 Å². The topological polar surface area (TPSA) is 80.5 Å². The van der Waals surface area contributed by atoms with Crippen molar-refractivity contribution in [3.63, 3.8) is 0 Å². The fraction of sp³-hybridized carbons (Fsp3) is 0.333. The number of halogens is 1. The number of hydrogen-bond donors (Lipinski definition) is 0. The molecule has 1 aromatic carbocycles. The fourth-order valence-electron chi connectivity index (χ4n) is 3.17. The molecule has 3 atom stereocenters. The number of benzene rings is 1. The van der Waals surface area contributed by atoms with Crippen LogP contribution in [0.5, 0.6) is 0 Å². The molecule has 0 saturated carbocycles. The van der Waals surface area contributed by atoms with Crippen LogP contribution in [0.1, 0.15) is 13.3 Å². The highest BCUT2D eigenvalue weighted by molar-refractivity contribution is 6.22. The lowest BCUT2D eigenvalue weighted by Gasteiger charge is -2.22. The molecule has 3 rings (SSSR count). The van der Waals surface area contributed by atoms with E-state index in [-0.39, 0.29) is 17.3 Å². The fourth-order valence-corrected chi connectivity index (χ4v) is 3.17. The molecular weight excluding hydrogens is 291 g/mol. The Balaban J connectivity index is 2.06. The van der Waals surface area contributed by atoms with E-state index in [9.17, 15) is 24.1 Å². The number of amides is 2. The number of carbonyl (C=O) groups excluding carboxylic acids is 2. The molecule has 7 heteroatoms. The molecule has 1 aromatic rings. The minimum absolute atomic E-state index is 0.123. The Kier molecular flexibility index (Phi) is 3.27. The summed E-state index contributed by atoms with van der Waals surface area (Å²) in [6.07, 6.45) is 4.12. The van der Waals surface area contributed by atoms with Crippen LogP contribution in [0.25, 0.3) is 0 Å². The Morgan fingerprint density at radius 2 is 2.05 bits per heavy atom. The highest BCUT2D eigenvalue weighted by atomic mass is 19.1. The monoisotopic (exact) mass is 304 g/mol. The molecule has 0 bridgehead atoms. The Bertz CT molecular complexity index is 715. The number of nitro benzene ring substituents is 1. The van der Waals surface area contributed by atoms with Gasteiger partial charge in [-0.25, -0.2) is 9.29 Å². The lowest BCUT2D eigenvalue weighted by Crippen LogP contribution is -2.32. The molecule has 1 aliphatic heterocycles. The summed E-state index contributed by atoms with van der Waals surface area (Å²) < 4.78 is 14.0. The van der Waals surface area contributed by atoms with Crippen molar-refractivity contribution in [3.05, 3.63) is 46.3 Å². The number of nitrogens with zero attached hydrogens (tertiary/aromatic N) is 2. The van der Waals surface area contributed by atoms with Gasteiger partial charge in [0.15, 0.2) is 0 Å². The van der Waals surface area contributed by atoms with Gasteiger partial charge in [0.05, 0.1) is 22.4 Å². The Hall–Kier alpha value is -2.57. The third-order valence-corrected chi connectivity index (χ3v) is 4.25. The van der Waals surface area contributed by atoms with Crippen molar-refractivity contribution in [2.75, 3.05) is 4.90 Å². The van der Waals surface area contributed by atoms with E-state index in [4.69, 9.17) is 0 Å². The minimum atomic E-state index is -0.827. The highest BCUT2D eigenvalue weighted by Crippen LogP contribution is 2.41. The Labute approximate surface area is 125 Å². The highest BCUT2D eigenvalue weighted by Gasteiger charge is 2.51. The SMILES string of the molecule is C[C@@H]1C=CC[C@H]2C(=O)N(c3cc([N+](=O)[O-])ccc3F)C(=O)[C@@H]12. The molecule has 0 aromatic heterocycles. The molecule has 0 unspecified atom stereocenters. The number of hydrogen-bond acceptors (Lipinski definition) is 4. The summed E-state index contributed by atoms with van der Waals surface area (Å²) in [4.78, 5) is 35.9. The van der Waals surface area contributed by atoms with Crippen LogP contribution in [0, 0.1) is 33.7 Å². The summed E-state index contributed by atoms with van der Waals surface area (Å²) in [6.45, 7) is 1.83. The van der Waals surface area contributed by atoms with Gasteiger partial charge in [-0.3, -0.25) is 19.7 Å². The number of fused-ring (bicyclic) bond motifs is 1. The maximum atomic E-state index is 14.0. The van der Waals surface area contributed by atoms with Crippen LogP contribution in [0.4, 0.5) is 15.8 Å². The van der Waals surface area contributed by atoms with Crippen molar-refractivity contribution < 1.29 is 18.9 Å². The predicted octanol–water partition coefficient (Wildman–Crippen LogP) is 2.44. The van der Waals surface area contributed by atoms with Crippen molar-refractivity contribution in [1.29, 1.82) is 0 Å². The van der Waals surface area contributed by atoms with Crippen LogP contribution in [0.2, 0.25) is 0 Å². The number of allylic oxidation sites excluding steroid dienone is 2. The first-order valence-corrected chi connectivity index (χ1v) is 6.90. The standard InChI is InChI=1S/C15H13FN2O4/c1-8-3-2-4-10-13(8)15(20)17(14(10)19)12-7-9(18(21)22)5-6-11(12)16/h2-3,5-8,10,13H,4H2,1H3/t8-,10-,13+/m1/s1. The van der Waals surface area contributed by atoms with Crippen molar-refractivity contribution in [1.82, 2.24) is 0 Å². The first-order chi connectivity index (χ1) is 10.4. The molecule has 0 spiro atoms. The summed E-state index contributed by atoms with van der Waals surface area (Å²) in [5.41, 5.74) is -0.705. The molecule has 0 N–H and O–H groups in total. The van der Waals surface area contributed by atoms with Gasteiger partial charge < -0.3 is 0 Å². The average molecular weight is 304 g/mol. The van der Waals surface area contributed by atoms with Crippen molar-refractivity contribution >= 4 is 23.2 Å². The number of carbonyl (C=O) groups is 2. The lowest BCUT2D eigenvalue weighted by molar-refractivity contribution is -0.384. The number of non-ortho nitro benzene ring substituents is 1. The van der Waals surface area contributed by atoms with E-state index in [1.807, 2.05) is 19.1 Å². The third-order valence-electron chi connectivity index (χ3n) is 4.25. The van der Waals surface area contributed by atoms with E-state index in [0.717, 1.165) is 23.1 Å². The predicted molar refractivity (Wildman–Crippen MR) is 75.4 cm³/mol. The van der Waals surface area contributed by atoms with E-state index < -0.39 is 34.4 Å². The first kappa shape index (κ1) is 14.4. The summed E-state index contributed by atoms with van der Waals surface area (Å²) >= 11 is 0. The smallest absolute Gasteiger partial charge is 0.271 e. The summed E-state index contributed by atoms with van der Waals surface area (Å²) in [5.74, 6) is -2.99. The molecule has 1 aliphatic carbocycles. The second-order valence-corrected chi connectivity index (χ2v) is 5.56. The van der Waals surface area contributed by atoms with Gasteiger partial charge in [0, 0.05) is 12.1 Å². The molecule has 22 heavy (non-hydrogen) atoms. The van der Waals surface area contributed by atoms with Gasteiger partial charge in [0.2, 0.25) is 11.8 Å². The molecule has 6 nitrogen and oxygen atoms in total. The number of nitro groups is 1. The van der Waals surface area contributed by atoms with Gasteiger partial charge in [-0.15, -0.1) is 0 Å². The van der Waals surface area contributed by atoms with E-state index in [1.165, 1.54) is 0 Å². The first-order valence-electron chi connectivity index (χ1n) is 6.90. The second kappa shape index (κ2) is 5.01. The van der Waals surface area contributed by atoms with Gasteiger partial charge in [-0.05, 0) is 18.4 Å². The minimum Gasteiger partial charge on any atom is -0.274 e. The third kappa shape index (κ3) is 2.01. The van der Waals surface area contributed by atoms with Crippen LogP contribution in [-0.2, 0) is 9.59 Å². The maximum absolute atomic E-state index is 14.0. The number of anilines is 1. The Morgan fingerprint density at radius 3 is 2.68 bits per heavy atom. The van der Waals surface area contributed by atoms with Gasteiger partial charge in [0.25, 0.3) is 5.69 Å². The zero-order valence-corrected chi connectivity index (χ0v) is 11.7. The van der Waals surface area contributed by atoms with Crippen LogP contribution in [0.3, 0.4) is 0 Å². The molecule has 2 aliphatic rings. The van der Waals surface area contributed by atoms with Gasteiger partial charge in [-0.1, -0.05) is 19.1 Å².